The van der Waals surface area contributed by atoms with Crippen molar-refractivity contribution in [2.45, 2.75) is 6.54 Å². The van der Waals surface area contributed by atoms with Crippen LogP contribution in [0.2, 0.25) is 0 Å². The Balaban J connectivity index is 1.62. The zero-order valence-corrected chi connectivity index (χ0v) is 14.7. The van der Waals surface area contributed by atoms with Crippen molar-refractivity contribution in [3.8, 4) is 23.0 Å². The highest BCUT2D eigenvalue weighted by atomic mass is 16.5. The monoisotopic (exact) mass is 352 g/mol. The highest BCUT2D eigenvalue weighted by Gasteiger charge is 2.11. The molecule has 0 saturated heterocycles. The van der Waals surface area contributed by atoms with Crippen molar-refractivity contribution in [2.75, 3.05) is 20.8 Å². The van der Waals surface area contributed by atoms with E-state index >= 15 is 0 Å². The Morgan fingerprint density at radius 2 is 1.92 bits per heavy atom. The summed E-state index contributed by atoms with van der Waals surface area (Å²) in [5, 5.41) is 2.90. The molecule has 26 heavy (non-hydrogen) atoms. The number of aromatic nitrogens is 3. The highest BCUT2D eigenvalue weighted by Crippen LogP contribution is 2.27. The van der Waals surface area contributed by atoms with E-state index in [2.05, 4.69) is 15.3 Å². The quantitative estimate of drug-likeness (QED) is 0.706. The third kappa shape index (κ3) is 3.83. The fourth-order valence-corrected chi connectivity index (χ4v) is 2.59. The number of rotatable bonds is 7. The van der Waals surface area contributed by atoms with Crippen molar-refractivity contribution in [1.29, 1.82) is 0 Å². The number of carbonyl (C=O) groups is 1. The van der Waals surface area contributed by atoms with Gasteiger partial charge in [0.1, 0.15) is 5.69 Å². The first-order valence-electron chi connectivity index (χ1n) is 8.15. The normalized spacial score (nSPS) is 10.4. The smallest absolute Gasteiger partial charge is 0.251 e. The van der Waals surface area contributed by atoms with Gasteiger partial charge < -0.3 is 19.4 Å². The lowest BCUT2D eigenvalue weighted by molar-refractivity contribution is 0.0952. The molecule has 1 aromatic carbocycles. The third-order valence-electron chi connectivity index (χ3n) is 3.89. The minimum Gasteiger partial charge on any atom is -0.493 e. The van der Waals surface area contributed by atoms with Gasteiger partial charge in [0.05, 0.1) is 14.2 Å². The van der Waals surface area contributed by atoms with Crippen molar-refractivity contribution < 1.29 is 14.3 Å². The topological polar surface area (TPSA) is 78.3 Å². The molecule has 1 amide bonds. The molecule has 2 aromatic heterocycles. The molecule has 134 valence electrons. The number of hydrogen-bond donors (Lipinski definition) is 1. The van der Waals surface area contributed by atoms with Crippen LogP contribution in [0.5, 0.6) is 11.5 Å². The first-order valence-corrected chi connectivity index (χ1v) is 8.15. The van der Waals surface area contributed by atoms with E-state index in [1.54, 1.807) is 37.7 Å². The van der Waals surface area contributed by atoms with Crippen LogP contribution >= 0.6 is 0 Å². The van der Waals surface area contributed by atoms with E-state index < -0.39 is 0 Å². The Bertz CT molecular complexity index is 878. The molecule has 1 N–H and O–H groups in total. The second-order valence-electron chi connectivity index (χ2n) is 5.48. The summed E-state index contributed by atoms with van der Waals surface area (Å²) in [6.45, 7) is 1.05. The molecule has 0 unspecified atom stereocenters. The number of benzene rings is 1. The first kappa shape index (κ1) is 17.5. The molecule has 0 spiro atoms. The highest BCUT2D eigenvalue weighted by molar-refractivity contribution is 5.94. The maximum absolute atomic E-state index is 12.4. The van der Waals surface area contributed by atoms with Crippen LogP contribution in [-0.2, 0) is 6.54 Å². The molecule has 0 fully saturated rings. The molecule has 3 aromatic rings. The number of carbonyl (C=O) groups excluding carboxylic acids is 1. The van der Waals surface area contributed by atoms with Gasteiger partial charge in [-0.15, -0.1) is 0 Å². The summed E-state index contributed by atoms with van der Waals surface area (Å²) in [4.78, 5) is 21.0. The Hall–Kier alpha value is -3.35. The standard InChI is InChI=1S/C19H20N4O3/c1-25-16-7-6-14(13-17(16)26-2)19(24)22-10-12-23-11-9-21-18(23)15-5-3-4-8-20-15/h3-9,11,13H,10,12H2,1-2H3,(H,22,24). The van der Waals surface area contributed by atoms with Crippen LogP contribution in [0.15, 0.2) is 55.0 Å². The van der Waals surface area contributed by atoms with Crippen LogP contribution in [-0.4, -0.2) is 41.2 Å². The summed E-state index contributed by atoms with van der Waals surface area (Å²) in [5.41, 5.74) is 1.31. The summed E-state index contributed by atoms with van der Waals surface area (Å²) < 4.78 is 12.4. The Morgan fingerprint density at radius 3 is 2.65 bits per heavy atom. The summed E-state index contributed by atoms with van der Waals surface area (Å²) in [7, 11) is 3.10. The van der Waals surface area contributed by atoms with Crippen molar-refractivity contribution in [2.24, 2.45) is 0 Å². The Labute approximate surface area is 151 Å². The zero-order valence-electron chi connectivity index (χ0n) is 14.7. The number of nitrogens with zero attached hydrogens (tertiary/aromatic N) is 3. The number of ether oxygens (including phenoxy) is 2. The van der Waals surface area contributed by atoms with Gasteiger partial charge in [-0.2, -0.15) is 0 Å². The van der Waals surface area contributed by atoms with Crippen molar-refractivity contribution in [3.05, 3.63) is 60.6 Å². The maximum Gasteiger partial charge on any atom is 0.251 e. The molecule has 0 radical (unpaired) electrons. The molecule has 2 heterocycles. The van der Waals surface area contributed by atoms with Crippen LogP contribution in [0.1, 0.15) is 10.4 Å². The van der Waals surface area contributed by atoms with Gasteiger partial charge in [-0.1, -0.05) is 6.07 Å². The molecule has 0 aliphatic carbocycles. The van der Waals surface area contributed by atoms with Gasteiger partial charge in [0.15, 0.2) is 17.3 Å². The molecular formula is C19H20N4O3. The van der Waals surface area contributed by atoms with E-state index in [4.69, 9.17) is 9.47 Å². The third-order valence-corrected chi connectivity index (χ3v) is 3.89. The van der Waals surface area contributed by atoms with Gasteiger partial charge >= 0.3 is 0 Å². The van der Waals surface area contributed by atoms with Crippen LogP contribution in [0, 0.1) is 0 Å². The SMILES string of the molecule is COc1ccc(C(=O)NCCn2ccnc2-c2ccccn2)cc1OC. The largest absolute Gasteiger partial charge is 0.493 e. The van der Waals surface area contributed by atoms with Gasteiger partial charge in [-0.25, -0.2) is 4.98 Å². The minimum atomic E-state index is -0.176. The summed E-state index contributed by atoms with van der Waals surface area (Å²) in [5.74, 6) is 1.70. The molecule has 0 bridgehead atoms. The average Bonchev–Trinajstić information content (AvgIpc) is 3.16. The summed E-state index contributed by atoms with van der Waals surface area (Å²) >= 11 is 0. The van der Waals surface area contributed by atoms with Crippen LogP contribution in [0.25, 0.3) is 11.5 Å². The number of methoxy groups -OCH3 is 2. The molecule has 7 nitrogen and oxygen atoms in total. The summed E-state index contributed by atoms with van der Waals surface area (Å²) in [6.07, 6.45) is 5.32. The van der Waals surface area contributed by atoms with Crippen LogP contribution in [0.4, 0.5) is 0 Å². The molecule has 0 aliphatic rings. The fraction of sp³-hybridized carbons (Fsp3) is 0.211. The Morgan fingerprint density at radius 1 is 1.08 bits per heavy atom. The van der Waals surface area contributed by atoms with E-state index in [0.717, 1.165) is 11.5 Å². The number of nitrogens with one attached hydrogen (secondary N) is 1. The number of amides is 1. The number of hydrogen-bond acceptors (Lipinski definition) is 5. The predicted molar refractivity (Wildman–Crippen MR) is 97.3 cm³/mol. The van der Waals surface area contributed by atoms with Crippen molar-refractivity contribution in [1.82, 2.24) is 19.9 Å². The van der Waals surface area contributed by atoms with Crippen LogP contribution < -0.4 is 14.8 Å². The van der Waals surface area contributed by atoms with Gasteiger partial charge in [0.2, 0.25) is 0 Å². The van der Waals surface area contributed by atoms with Crippen molar-refractivity contribution >= 4 is 5.91 Å². The zero-order chi connectivity index (χ0) is 18.4. The van der Waals surface area contributed by atoms with Crippen LogP contribution in [0.3, 0.4) is 0 Å². The van der Waals surface area contributed by atoms with E-state index in [0.29, 0.717) is 30.2 Å². The van der Waals surface area contributed by atoms with Gasteiger partial charge in [-0.05, 0) is 30.3 Å². The first-order chi connectivity index (χ1) is 12.7. The second-order valence-corrected chi connectivity index (χ2v) is 5.48. The molecule has 3 rings (SSSR count). The fourth-order valence-electron chi connectivity index (χ4n) is 2.59. The van der Waals surface area contributed by atoms with Gasteiger partial charge in [0.25, 0.3) is 5.91 Å². The lowest BCUT2D eigenvalue weighted by Gasteiger charge is -2.11. The van der Waals surface area contributed by atoms with E-state index in [9.17, 15) is 4.79 Å². The van der Waals surface area contributed by atoms with E-state index in [-0.39, 0.29) is 5.91 Å². The molecule has 0 aliphatic heterocycles. The lowest BCUT2D eigenvalue weighted by Crippen LogP contribution is -2.27. The van der Waals surface area contributed by atoms with Crippen molar-refractivity contribution in [3.63, 3.8) is 0 Å². The molecular weight excluding hydrogens is 332 g/mol. The number of pyridine rings is 1. The number of imidazole rings is 1. The average molecular weight is 352 g/mol. The second kappa shape index (κ2) is 8.15. The summed E-state index contributed by atoms with van der Waals surface area (Å²) in [6, 6.07) is 10.8. The predicted octanol–water partition coefficient (Wildman–Crippen LogP) is 2.39. The van der Waals surface area contributed by atoms with Gasteiger partial charge in [-0.3, -0.25) is 9.78 Å². The maximum atomic E-state index is 12.4. The lowest BCUT2D eigenvalue weighted by atomic mass is 10.2. The minimum absolute atomic E-state index is 0.176. The van der Waals surface area contributed by atoms with E-state index in [1.807, 2.05) is 29.0 Å². The van der Waals surface area contributed by atoms with E-state index in [1.165, 1.54) is 7.11 Å². The molecule has 0 atom stereocenters. The Kier molecular flexibility index (Phi) is 5.48. The van der Waals surface area contributed by atoms with Gasteiger partial charge in [0, 0.05) is 37.2 Å². The molecule has 7 heteroatoms. The molecule has 0 saturated carbocycles.